The van der Waals surface area contributed by atoms with E-state index in [4.69, 9.17) is 11.6 Å². The van der Waals surface area contributed by atoms with Crippen LogP contribution in [0, 0.1) is 6.92 Å². The first-order chi connectivity index (χ1) is 10.0. The van der Waals surface area contributed by atoms with Crippen LogP contribution in [-0.4, -0.2) is 24.5 Å². The van der Waals surface area contributed by atoms with Gasteiger partial charge in [0.15, 0.2) is 0 Å². The number of amides is 3. The molecule has 0 aliphatic heterocycles. The quantitative estimate of drug-likeness (QED) is 0.801. The number of carbonyl (C=O) groups is 2. The van der Waals surface area contributed by atoms with Crippen LogP contribution < -0.4 is 16.0 Å². The number of urea groups is 1. The van der Waals surface area contributed by atoms with Crippen molar-refractivity contribution in [3.05, 3.63) is 28.8 Å². The van der Waals surface area contributed by atoms with Gasteiger partial charge in [-0.15, -0.1) is 0 Å². The molecule has 114 valence electrons. The molecular formula is C15H20ClN3O2. The Labute approximate surface area is 129 Å². The molecule has 1 aliphatic carbocycles. The number of imide groups is 1. The Bertz CT molecular complexity index is 528. The van der Waals surface area contributed by atoms with Gasteiger partial charge in [0.2, 0.25) is 5.91 Å². The molecule has 1 aromatic rings. The third kappa shape index (κ3) is 4.93. The number of hydrogen-bond acceptors (Lipinski definition) is 3. The van der Waals surface area contributed by atoms with E-state index in [1.165, 1.54) is 0 Å². The topological polar surface area (TPSA) is 70.2 Å². The van der Waals surface area contributed by atoms with E-state index in [0.717, 1.165) is 36.9 Å². The van der Waals surface area contributed by atoms with Crippen LogP contribution in [0.25, 0.3) is 0 Å². The summed E-state index contributed by atoms with van der Waals surface area (Å²) in [5.74, 6) is -0.373. The lowest BCUT2D eigenvalue weighted by Crippen LogP contribution is -2.45. The average Bonchev–Trinajstić information content (AvgIpc) is 2.92. The monoisotopic (exact) mass is 309 g/mol. The van der Waals surface area contributed by atoms with Gasteiger partial charge in [0.25, 0.3) is 0 Å². The largest absolute Gasteiger partial charge is 0.376 e. The molecule has 0 unspecified atom stereocenters. The third-order valence-electron chi connectivity index (χ3n) is 3.57. The second-order valence-corrected chi connectivity index (χ2v) is 5.73. The van der Waals surface area contributed by atoms with Crippen molar-refractivity contribution in [3.63, 3.8) is 0 Å². The van der Waals surface area contributed by atoms with E-state index in [9.17, 15) is 9.59 Å². The molecule has 3 amide bonds. The molecule has 5 nitrogen and oxygen atoms in total. The molecule has 1 fully saturated rings. The Kier molecular flexibility index (Phi) is 5.44. The van der Waals surface area contributed by atoms with Gasteiger partial charge < -0.3 is 10.6 Å². The van der Waals surface area contributed by atoms with Crippen LogP contribution in [-0.2, 0) is 4.79 Å². The Morgan fingerprint density at radius 1 is 1.29 bits per heavy atom. The predicted octanol–water partition coefficient (Wildman–Crippen LogP) is 2.83. The SMILES string of the molecule is Cc1ccc(NCC(=O)NC(=O)NC2CCCC2)cc1Cl. The third-order valence-corrected chi connectivity index (χ3v) is 3.98. The molecule has 0 radical (unpaired) electrons. The molecule has 2 rings (SSSR count). The Hall–Kier alpha value is -1.75. The van der Waals surface area contributed by atoms with Gasteiger partial charge in [0, 0.05) is 16.8 Å². The molecule has 0 heterocycles. The molecule has 3 N–H and O–H groups in total. The summed E-state index contributed by atoms with van der Waals surface area (Å²) in [6.07, 6.45) is 4.24. The molecule has 0 atom stereocenters. The number of rotatable bonds is 4. The maximum absolute atomic E-state index is 11.7. The lowest BCUT2D eigenvalue weighted by molar-refractivity contribution is -0.118. The fourth-order valence-corrected chi connectivity index (χ4v) is 2.53. The van der Waals surface area contributed by atoms with Crippen molar-refractivity contribution in [2.45, 2.75) is 38.6 Å². The van der Waals surface area contributed by atoms with E-state index in [1.807, 2.05) is 19.1 Å². The smallest absolute Gasteiger partial charge is 0.321 e. The van der Waals surface area contributed by atoms with Crippen molar-refractivity contribution in [3.8, 4) is 0 Å². The summed E-state index contributed by atoms with van der Waals surface area (Å²) in [6, 6.07) is 5.24. The molecule has 1 saturated carbocycles. The van der Waals surface area contributed by atoms with Crippen LogP contribution in [0.15, 0.2) is 18.2 Å². The van der Waals surface area contributed by atoms with Crippen molar-refractivity contribution >= 4 is 29.2 Å². The van der Waals surface area contributed by atoms with Gasteiger partial charge in [-0.05, 0) is 37.5 Å². The predicted molar refractivity (Wildman–Crippen MR) is 83.6 cm³/mol. The number of carbonyl (C=O) groups excluding carboxylic acids is 2. The van der Waals surface area contributed by atoms with E-state index < -0.39 is 6.03 Å². The zero-order valence-electron chi connectivity index (χ0n) is 12.0. The molecule has 21 heavy (non-hydrogen) atoms. The van der Waals surface area contributed by atoms with E-state index in [0.29, 0.717) is 5.02 Å². The number of halogens is 1. The van der Waals surface area contributed by atoms with E-state index >= 15 is 0 Å². The van der Waals surface area contributed by atoms with Gasteiger partial charge in [-0.2, -0.15) is 0 Å². The Morgan fingerprint density at radius 3 is 2.67 bits per heavy atom. The van der Waals surface area contributed by atoms with Crippen molar-refractivity contribution in [2.24, 2.45) is 0 Å². The summed E-state index contributed by atoms with van der Waals surface area (Å²) in [5, 5.41) is 8.70. The van der Waals surface area contributed by atoms with Crippen LogP contribution in [0.5, 0.6) is 0 Å². The van der Waals surface area contributed by atoms with Crippen molar-refractivity contribution in [1.29, 1.82) is 0 Å². The zero-order chi connectivity index (χ0) is 15.2. The van der Waals surface area contributed by atoms with Crippen molar-refractivity contribution < 1.29 is 9.59 Å². The molecule has 1 aliphatic rings. The van der Waals surface area contributed by atoms with Crippen LogP contribution in [0.1, 0.15) is 31.2 Å². The normalized spacial score (nSPS) is 14.8. The summed E-state index contributed by atoms with van der Waals surface area (Å²) < 4.78 is 0. The maximum atomic E-state index is 11.7. The first kappa shape index (κ1) is 15.6. The minimum absolute atomic E-state index is 0.0253. The van der Waals surface area contributed by atoms with E-state index in [-0.39, 0.29) is 18.5 Å². The number of benzene rings is 1. The summed E-state index contributed by atoms with van der Waals surface area (Å²) in [4.78, 5) is 23.3. The highest BCUT2D eigenvalue weighted by Gasteiger charge is 2.17. The number of anilines is 1. The minimum Gasteiger partial charge on any atom is -0.376 e. The molecule has 0 aromatic heterocycles. The van der Waals surface area contributed by atoms with Gasteiger partial charge in [0.05, 0.1) is 6.54 Å². The molecule has 6 heteroatoms. The summed E-state index contributed by atoms with van der Waals surface area (Å²) in [7, 11) is 0. The maximum Gasteiger partial charge on any atom is 0.321 e. The first-order valence-corrected chi connectivity index (χ1v) is 7.53. The number of hydrogen-bond donors (Lipinski definition) is 3. The highest BCUT2D eigenvalue weighted by molar-refractivity contribution is 6.31. The average molecular weight is 310 g/mol. The van der Waals surface area contributed by atoms with Crippen LogP contribution >= 0.6 is 11.6 Å². The van der Waals surface area contributed by atoms with Crippen LogP contribution in [0.3, 0.4) is 0 Å². The first-order valence-electron chi connectivity index (χ1n) is 7.15. The molecule has 1 aromatic carbocycles. The van der Waals surface area contributed by atoms with E-state index in [2.05, 4.69) is 16.0 Å². The second kappa shape index (κ2) is 7.31. The summed E-state index contributed by atoms with van der Waals surface area (Å²) in [6.45, 7) is 1.93. The van der Waals surface area contributed by atoms with E-state index in [1.54, 1.807) is 6.07 Å². The molecule has 0 saturated heterocycles. The summed E-state index contributed by atoms with van der Waals surface area (Å²) in [5.41, 5.74) is 1.72. The fraction of sp³-hybridized carbons (Fsp3) is 0.467. The second-order valence-electron chi connectivity index (χ2n) is 5.32. The van der Waals surface area contributed by atoms with Gasteiger partial charge in [-0.3, -0.25) is 10.1 Å². The zero-order valence-corrected chi connectivity index (χ0v) is 12.8. The lowest BCUT2D eigenvalue weighted by atomic mass is 10.2. The summed E-state index contributed by atoms with van der Waals surface area (Å²) >= 11 is 6.00. The highest BCUT2D eigenvalue weighted by atomic mass is 35.5. The molecular weight excluding hydrogens is 290 g/mol. The van der Waals surface area contributed by atoms with Crippen LogP contribution in [0.2, 0.25) is 5.02 Å². The molecule has 0 spiro atoms. The Balaban J connectivity index is 1.73. The standard InChI is InChI=1S/C15H20ClN3O2/c1-10-6-7-12(8-13(10)16)17-9-14(20)19-15(21)18-11-4-2-3-5-11/h6-8,11,17H,2-5,9H2,1H3,(H2,18,19,20,21). The number of nitrogens with one attached hydrogen (secondary N) is 3. The number of aryl methyl sites for hydroxylation is 1. The fourth-order valence-electron chi connectivity index (χ4n) is 2.35. The Morgan fingerprint density at radius 2 is 2.00 bits per heavy atom. The van der Waals surface area contributed by atoms with Crippen molar-refractivity contribution in [1.82, 2.24) is 10.6 Å². The van der Waals surface area contributed by atoms with Gasteiger partial charge in [-0.25, -0.2) is 4.79 Å². The van der Waals surface area contributed by atoms with Gasteiger partial charge in [-0.1, -0.05) is 30.5 Å². The van der Waals surface area contributed by atoms with Crippen LogP contribution in [0.4, 0.5) is 10.5 Å². The van der Waals surface area contributed by atoms with Gasteiger partial charge >= 0.3 is 6.03 Å². The highest BCUT2D eigenvalue weighted by Crippen LogP contribution is 2.19. The lowest BCUT2D eigenvalue weighted by Gasteiger charge is -2.13. The molecule has 0 bridgehead atoms. The minimum atomic E-state index is -0.421. The van der Waals surface area contributed by atoms with Crippen molar-refractivity contribution in [2.75, 3.05) is 11.9 Å². The van der Waals surface area contributed by atoms with Gasteiger partial charge in [0.1, 0.15) is 0 Å².